The molecule has 2 aliphatic heterocycles. The number of aromatic nitrogens is 2. The smallest absolute Gasteiger partial charge is 0.138 e. The van der Waals surface area contributed by atoms with E-state index in [9.17, 15) is 0 Å². The van der Waals surface area contributed by atoms with Crippen molar-refractivity contribution in [2.24, 2.45) is 9.98 Å². The van der Waals surface area contributed by atoms with Crippen molar-refractivity contribution in [1.29, 1.82) is 0 Å². The molecular weight excluding hydrogens is 336 g/mol. The Kier molecular flexibility index (Phi) is 4.08. The van der Waals surface area contributed by atoms with Gasteiger partial charge in [0.25, 0.3) is 0 Å². The van der Waals surface area contributed by atoms with E-state index in [1.807, 2.05) is 0 Å². The zero-order chi connectivity index (χ0) is 18.1. The Balaban J connectivity index is 1.44. The molecule has 0 saturated heterocycles. The SMILES string of the molecule is c1cc(-c2nc3ccc(C4=NCCCN4)cc3[nH]2)ccc1C1=NCCCN1. The molecule has 0 fully saturated rings. The zero-order valence-electron chi connectivity index (χ0n) is 15.1. The van der Waals surface area contributed by atoms with Crippen LogP contribution in [0.25, 0.3) is 22.4 Å². The predicted octanol–water partition coefficient (Wildman–Crippen LogP) is 2.71. The van der Waals surface area contributed by atoms with Crippen molar-refractivity contribution in [2.45, 2.75) is 12.8 Å². The lowest BCUT2D eigenvalue weighted by Crippen LogP contribution is -2.30. The molecule has 3 aromatic rings. The van der Waals surface area contributed by atoms with E-state index in [4.69, 9.17) is 4.98 Å². The molecule has 6 nitrogen and oxygen atoms in total. The van der Waals surface area contributed by atoms with Gasteiger partial charge in [-0.25, -0.2) is 4.98 Å². The first-order valence-corrected chi connectivity index (χ1v) is 9.54. The molecule has 0 bridgehead atoms. The van der Waals surface area contributed by atoms with Crippen molar-refractivity contribution in [2.75, 3.05) is 26.2 Å². The second kappa shape index (κ2) is 6.87. The summed E-state index contributed by atoms with van der Waals surface area (Å²) in [7, 11) is 0. The van der Waals surface area contributed by atoms with Gasteiger partial charge in [-0.15, -0.1) is 0 Å². The van der Waals surface area contributed by atoms with Crippen LogP contribution in [0.4, 0.5) is 0 Å². The highest BCUT2D eigenvalue weighted by Crippen LogP contribution is 2.22. The van der Waals surface area contributed by atoms with Crippen LogP contribution in [0.2, 0.25) is 0 Å². The molecule has 3 heterocycles. The molecule has 6 heteroatoms. The standard InChI is InChI=1S/C21H22N6/c1-9-22-19(23-10-1)14-3-5-15(6-4-14)21-26-17-8-7-16(13-18(17)27-21)20-24-11-2-12-25-20/h3-8,13H,1-2,9-12H2,(H,22,23)(H,24,25)(H,26,27). The first-order valence-electron chi connectivity index (χ1n) is 9.54. The summed E-state index contributed by atoms with van der Waals surface area (Å²) in [5, 5.41) is 6.74. The summed E-state index contributed by atoms with van der Waals surface area (Å²) in [5.74, 6) is 2.85. The van der Waals surface area contributed by atoms with Gasteiger partial charge in [-0.1, -0.05) is 24.3 Å². The molecule has 0 atom stereocenters. The van der Waals surface area contributed by atoms with Crippen LogP contribution in [-0.2, 0) is 0 Å². The van der Waals surface area contributed by atoms with E-state index in [2.05, 4.69) is 68.1 Å². The summed E-state index contributed by atoms with van der Waals surface area (Å²) in [6, 6.07) is 14.7. The van der Waals surface area contributed by atoms with E-state index in [1.54, 1.807) is 0 Å². The Bertz CT molecular complexity index is 1030. The van der Waals surface area contributed by atoms with Gasteiger partial charge < -0.3 is 15.6 Å². The number of imidazole rings is 1. The zero-order valence-corrected chi connectivity index (χ0v) is 15.1. The monoisotopic (exact) mass is 358 g/mol. The normalized spacial score (nSPS) is 17.0. The topological polar surface area (TPSA) is 77.5 Å². The highest BCUT2D eigenvalue weighted by molar-refractivity contribution is 6.02. The van der Waals surface area contributed by atoms with E-state index in [-0.39, 0.29) is 0 Å². The van der Waals surface area contributed by atoms with Gasteiger partial charge in [-0.05, 0) is 31.0 Å². The van der Waals surface area contributed by atoms with Gasteiger partial charge in [-0.2, -0.15) is 0 Å². The van der Waals surface area contributed by atoms with Crippen molar-refractivity contribution in [3.8, 4) is 11.4 Å². The molecule has 27 heavy (non-hydrogen) atoms. The highest BCUT2D eigenvalue weighted by Gasteiger charge is 2.12. The van der Waals surface area contributed by atoms with Gasteiger partial charge in [0.15, 0.2) is 0 Å². The Hall–Kier alpha value is -3.15. The van der Waals surface area contributed by atoms with Crippen LogP contribution in [0.1, 0.15) is 24.0 Å². The van der Waals surface area contributed by atoms with Crippen molar-refractivity contribution < 1.29 is 0 Å². The molecule has 0 aliphatic carbocycles. The Labute approximate surface area is 157 Å². The second-order valence-corrected chi connectivity index (χ2v) is 6.92. The lowest BCUT2D eigenvalue weighted by molar-refractivity contribution is 0.742. The third-order valence-electron chi connectivity index (χ3n) is 4.98. The van der Waals surface area contributed by atoms with E-state index in [1.165, 1.54) is 0 Å². The van der Waals surface area contributed by atoms with Crippen LogP contribution in [0.3, 0.4) is 0 Å². The Morgan fingerprint density at radius 3 is 2.00 bits per heavy atom. The third-order valence-corrected chi connectivity index (χ3v) is 4.98. The van der Waals surface area contributed by atoms with E-state index in [0.29, 0.717) is 0 Å². The maximum Gasteiger partial charge on any atom is 0.138 e. The largest absolute Gasteiger partial charge is 0.370 e. The number of hydrogen-bond donors (Lipinski definition) is 3. The van der Waals surface area contributed by atoms with Crippen LogP contribution in [0, 0.1) is 0 Å². The number of aliphatic imine (C=N–C) groups is 2. The lowest BCUT2D eigenvalue weighted by Gasteiger charge is -2.14. The van der Waals surface area contributed by atoms with Gasteiger partial charge in [0.2, 0.25) is 0 Å². The number of fused-ring (bicyclic) bond motifs is 1. The number of amidine groups is 2. The minimum atomic E-state index is 0.880. The van der Waals surface area contributed by atoms with Crippen molar-refractivity contribution in [1.82, 2.24) is 20.6 Å². The number of nitrogens with one attached hydrogen (secondary N) is 3. The maximum atomic E-state index is 4.75. The fourth-order valence-corrected chi connectivity index (χ4v) is 3.53. The molecule has 0 amide bonds. The van der Waals surface area contributed by atoms with E-state index in [0.717, 1.165) is 84.2 Å². The van der Waals surface area contributed by atoms with Gasteiger partial charge in [-0.3, -0.25) is 9.98 Å². The van der Waals surface area contributed by atoms with Gasteiger partial charge in [0, 0.05) is 42.9 Å². The summed E-state index contributed by atoms with van der Waals surface area (Å²) in [6.07, 6.45) is 2.20. The third kappa shape index (κ3) is 3.18. The second-order valence-electron chi connectivity index (χ2n) is 6.92. The number of aromatic amines is 1. The van der Waals surface area contributed by atoms with Crippen LogP contribution in [0.15, 0.2) is 52.4 Å². The van der Waals surface area contributed by atoms with Crippen LogP contribution in [0.5, 0.6) is 0 Å². The maximum absolute atomic E-state index is 4.75. The van der Waals surface area contributed by atoms with Crippen LogP contribution < -0.4 is 10.6 Å². The fourth-order valence-electron chi connectivity index (χ4n) is 3.53. The summed E-state index contributed by atoms with van der Waals surface area (Å²) in [5.41, 5.74) is 5.29. The number of benzene rings is 2. The molecule has 2 aromatic carbocycles. The molecule has 3 N–H and O–H groups in total. The molecule has 136 valence electrons. The highest BCUT2D eigenvalue weighted by atomic mass is 15.0. The lowest BCUT2D eigenvalue weighted by atomic mass is 10.1. The average molecular weight is 358 g/mol. The number of hydrogen-bond acceptors (Lipinski definition) is 5. The minimum Gasteiger partial charge on any atom is -0.370 e. The molecule has 0 saturated carbocycles. The van der Waals surface area contributed by atoms with Gasteiger partial charge in [0.1, 0.15) is 17.5 Å². The Morgan fingerprint density at radius 2 is 1.33 bits per heavy atom. The van der Waals surface area contributed by atoms with Crippen LogP contribution in [-0.4, -0.2) is 47.8 Å². The molecular formula is C21H22N6. The van der Waals surface area contributed by atoms with Crippen LogP contribution >= 0.6 is 0 Å². The molecule has 2 aliphatic rings. The van der Waals surface area contributed by atoms with E-state index >= 15 is 0 Å². The predicted molar refractivity (Wildman–Crippen MR) is 110 cm³/mol. The minimum absolute atomic E-state index is 0.880. The van der Waals surface area contributed by atoms with Gasteiger partial charge in [0.05, 0.1) is 11.0 Å². The molecule has 0 unspecified atom stereocenters. The summed E-state index contributed by atoms with van der Waals surface area (Å²) >= 11 is 0. The van der Waals surface area contributed by atoms with Crippen molar-refractivity contribution in [3.63, 3.8) is 0 Å². The number of nitrogens with zero attached hydrogens (tertiary/aromatic N) is 3. The molecule has 0 spiro atoms. The molecule has 5 rings (SSSR count). The first kappa shape index (κ1) is 16.1. The summed E-state index contributed by atoms with van der Waals surface area (Å²) in [6.45, 7) is 3.77. The first-order chi connectivity index (χ1) is 13.4. The van der Waals surface area contributed by atoms with Crippen molar-refractivity contribution >= 4 is 22.7 Å². The van der Waals surface area contributed by atoms with E-state index < -0.39 is 0 Å². The van der Waals surface area contributed by atoms with Crippen molar-refractivity contribution in [3.05, 3.63) is 53.6 Å². The Morgan fingerprint density at radius 1 is 0.704 bits per heavy atom. The average Bonchev–Trinajstić information content (AvgIpc) is 3.18. The fraction of sp³-hybridized carbons (Fsp3) is 0.286. The quantitative estimate of drug-likeness (QED) is 0.674. The van der Waals surface area contributed by atoms with Gasteiger partial charge >= 0.3 is 0 Å². The number of H-pyrrole nitrogens is 1. The molecule has 0 radical (unpaired) electrons. The summed E-state index contributed by atoms with van der Waals surface area (Å²) < 4.78 is 0. The molecule has 1 aromatic heterocycles. The number of rotatable bonds is 3. The summed E-state index contributed by atoms with van der Waals surface area (Å²) in [4.78, 5) is 17.3.